The number of carbonyl (C=O) groups excluding carboxylic acids is 1. The number of carboxylic acids is 1. The Bertz CT molecular complexity index is 830. The predicted molar refractivity (Wildman–Crippen MR) is 94.3 cm³/mol. The van der Waals surface area contributed by atoms with Gasteiger partial charge in [-0.15, -0.1) is 11.3 Å². The number of ether oxygens (including phenoxy) is 1. The first-order valence-electron chi connectivity index (χ1n) is 8.38. The number of amides is 1. The van der Waals surface area contributed by atoms with Crippen molar-refractivity contribution in [3.05, 3.63) is 51.7 Å². The lowest BCUT2D eigenvalue weighted by atomic mass is 9.87. The molecule has 1 aliphatic carbocycles. The average Bonchev–Trinajstić information content (AvgIpc) is 3.07. The largest absolute Gasteiger partial charge is 0.493 e. The van der Waals surface area contributed by atoms with E-state index in [0.717, 1.165) is 42.1 Å². The molecule has 1 saturated carbocycles. The smallest absolute Gasteiger partial charge is 0.345 e. The van der Waals surface area contributed by atoms with Crippen LogP contribution in [0.2, 0.25) is 0 Å². The summed E-state index contributed by atoms with van der Waals surface area (Å²) in [4.78, 5) is 23.3. The standard InChI is InChI=1S/C19H19NO4S/c21-17(8-12-7-16(18(22)23)25-11-12)20-10-13-9-19(13)5-6-24-15-4-2-1-3-14(15)19/h1-4,7,11,13H,5-6,8-10H2,(H,20,21)(H,22,23). The predicted octanol–water partition coefficient (Wildman–Crippen LogP) is 2.85. The highest BCUT2D eigenvalue weighted by atomic mass is 32.1. The van der Waals surface area contributed by atoms with Crippen molar-refractivity contribution in [3.8, 4) is 5.75 Å². The molecule has 6 heteroatoms. The molecule has 2 unspecified atom stereocenters. The van der Waals surface area contributed by atoms with Gasteiger partial charge in [0.2, 0.25) is 5.91 Å². The Hall–Kier alpha value is -2.34. The maximum atomic E-state index is 12.2. The minimum absolute atomic E-state index is 0.0582. The molecule has 130 valence electrons. The Morgan fingerprint density at radius 3 is 3.00 bits per heavy atom. The van der Waals surface area contributed by atoms with E-state index < -0.39 is 5.97 Å². The number of aromatic carboxylic acids is 1. The van der Waals surface area contributed by atoms with Crippen molar-refractivity contribution in [2.24, 2.45) is 5.92 Å². The van der Waals surface area contributed by atoms with Crippen LogP contribution in [0.4, 0.5) is 0 Å². The van der Waals surface area contributed by atoms with Crippen molar-refractivity contribution in [1.29, 1.82) is 0 Å². The Kier molecular flexibility index (Phi) is 4.00. The Morgan fingerprint density at radius 1 is 1.36 bits per heavy atom. The molecule has 0 radical (unpaired) electrons. The number of hydrogen-bond acceptors (Lipinski definition) is 4. The maximum absolute atomic E-state index is 12.2. The fourth-order valence-corrected chi connectivity index (χ4v) is 4.58. The Balaban J connectivity index is 1.34. The normalized spacial score (nSPS) is 23.6. The van der Waals surface area contributed by atoms with E-state index in [1.165, 1.54) is 5.56 Å². The summed E-state index contributed by atoms with van der Waals surface area (Å²) in [5.41, 5.74) is 2.17. The second kappa shape index (κ2) is 6.19. The summed E-state index contributed by atoms with van der Waals surface area (Å²) in [5, 5.41) is 13.7. The zero-order chi connectivity index (χ0) is 17.4. The van der Waals surface area contributed by atoms with Gasteiger partial charge in [0.25, 0.3) is 0 Å². The lowest BCUT2D eigenvalue weighted by Crippen LogP contribution is -2.30. The van der Waals surface area contributed by atoms with Crippen molar-refractivity contribution in [2.75, 3.05) is 13.2 Å². The molecular formula is C19H19NO4S. The molecule has 2 N–H and O–H groups in total. The van der Waals surface area contributed by atoms with Crippen LogP contribution in [0, 0.1) is 5.92 Å². The van der Waals surface area contributed by atoms with Gasteiger partial charge in [0, 0.05) is 17.5 Å². The number of carbonyl (C=O) groups is 2. The highest BCUT2D eigenvalue weighted by Gasteiger charge is 2.57. The molecule has 1 fully saturated rings. The molecule has 2 atom stereocenters. The third kappa shape index (κ3) is 3.02. The summed E-state index contributed by atoms with van der Waals surface area (Å²) in [6.07, 6.45) is 2.30. The molecule has 0 bridgehead atoms. The molecule has 2 heterocycles. The van der Waals surface area contributed by atoms with Crippen molar-refractivity contribution < 1.29 is 19.4 Å². The monoisotopic (exact) mass is 357 g/mol. The molecular weight excluding hydrogens is 338 g/mol. The van der Waals surface area contributed by atoms with Crippen LogP contribution in [0.25, 0.3) is 0 Å². The van der Waals surface area contributed by atoms with Gasteiger partial charge in [0.1, 0.15) is 10.6 Å². The number of hydrogen-bond donors (Lipinski definition) is 2. The molecule has 5 nitrogen and oxygen atoms in total. The zero-order valence-electron chi connectivity index (χ0n) is 13.7. The molecule has 0 saturated heterocycles. The summed E-state index contributed by atoms with van der Waals surface area (Å²) in [6, 6.07) is 9.75. The zero-order valence-corrected chi connectivity index (χ0v) is 14.5. The first-order valence-corrected chi connectivity index (χ1v) is 9.26. The van der Waals surface area contributed by atoms with Gasteiger partial charge in [0.15, 0.2) is 0 Å². The highest BCUT2D eigenvalue weighted by molar-refractivity contribution is 7.12. The fraction of sp³-hybridized carbons (Fsp3) is 0.368. The van der Waals surface area contributed by atoms with Gasteiger partial charge in [0.05, 0.1) is 13.0 Å². The summed E-state index contributed by atoms with van der Waals surface area (Å²) in [5.74, 6) is 0.410. The van der Waals surface area contributed by atoms with E-state index in [1.807, 2.05) is 18.2 Å². The second-order valence-electron chi connectivity index (χ2n) is 6.76. The van der Waals surface area contributed by atoms with Crippen LogP contribution in [0.1, 0.15) is 33.6 Å². The van der Waals surface area contributed by atoms with E-state index in [0.29, 0.717) is 12.5 Å². The minimum Gasteiger partial charge on any atom is -0.493 e. The molecule has 1 aromatic carbocycles. The quantitative estimate of drug-likeness (QED) is 0.863. The first kappa shape index (κ1) is 16.1. The van der Waals surface area contributed by atoms with Crippen LogP contribution in [0.5, 0.6) is 5.75 Å². The highest BCUT2D eigenvalue weighted by Crippen LogP contribution is 2.60. The molecule has 2 aliphatic rings. The van der Waals surface area contributed by atoms with E-state index >= 15 is 0 Å². The topological polar surface area (TPSA) is 75.6 Å². The van der Waals surface area contributed by atoms with E-state index in [1.54, 1.807) is 11.4 Å². The number of nitrogens with one attached hydrogen (secondary N) is 1. The van der Waals surface area contributed by atoms with Gasteiger partial charge >= 0.3 is 5.97 Å². The summed E-state index contributed by atoms with van der Waals surface area (Å²) >= 11 is 1.15. The molecule has 1 amide bonds. The van der Waals surface area contributed by atoms with Crippen LogP contribution in [-0.4, -0.2) is 30.1 Å². The van der Waals surface area contributed by atoms with Gasteiger partial charge in [-0.25, -0.2) is 4.79 Å². The van der Waals surface area contributed by atoms with Gasteiger partial charge in [-0.1, -0.05) is 18.2 Å². The minimum atomic E-state index is -0.949. The van der Waals surface area contributed by atoms with Gasteiger partial charge < -0.3 is 15.2 Å². The van der Waals surface area contributed by atoms with E-state index in [2.05, 4.69) is 11.4 Å². The van der Waals surface area contributed by atoms with Crippen LogP contribution in [0.15, 0.2) is 35.7 Å². The van der Waals surface area contributed by atoms with E-state index in [9.17, 15) is 9.59 Å². The van der Waals surface area contributed by atoms with Crippen molar-refractivity contribution in [1.82, 2.24) is 5.32 Å². The third-order valence-electron chi connectivity index (χ3n) is 5.24. The lowest BCUT2D eigenvalue weighted by Gasteiger charge is -2.27. The van der Waals surface area contributed by atoms with Crippen LogP contribution in [0.3, 0.4) is 0 Å². The van der Waals surface area contributed by atoms with Crippen LogP contribution in [-0.2, 0) is 16.6 Å². The van der Waals surface area contributed by atoms with Gasteiger partial charge in [-0.2, -0.15) is 0 Å². The second-order valence-corrected chi connectivity index (χ2v) is 7.67. The lowest BCUT2D eigenvalue weighted by molar-refractivity contribution is -0.120. The van der Waals surface area contributed by atoms with Crippen molar-refractivity contribution in [2.45, 2.75) is 24.7 Å². The Morgan fingerprint density at radius 2 is 2.20 bits per heavy atom. The average molecular weight is 357 g/mol. The number of carboxylic acid groups (broad SMARTS) is 1. The summed E-state index contributed by atoms with van der Waals surface area (Å²) in [7, 11) is 0. The van der Waals surface area contributed by atoms with E-state index in [4.69, 9.17) is 9.84 Å². The van der Waals surface area contributed by atoms with Crippen molar-refractivity contribution in [3.63, 3.8) is 0 Å². The summed E-state index contributed by atoms with van der Waals surface area (Å²) < 4.78 is 5.74. The number of benzene rings is 1. The molecule has 2 aromatic rings. The molecule has 1 spiro atoms. The molecule has 4 rings (SSSR count). The first-order chi connectivity index (χ1) is 12.1. The fourth-order valence-electron chi connectivity index (χ4n) is 3.83. The molecule has 1 aliphatic heterocycles. The number of thiophene rings is 1. The third-order valence-corrected chi connectivity index (χ3v) is 6.20. The molecule has 1 aromatic heterocycles. The number of para-hydroxylation sites is 1. The Labute approximate surface area is 149 Å². The SMILES string of the molecule is O=C(Cc1csc(C(=O)O)c1)NCC1CC12CCOc1ccccc12. The van der Waals surface area contributed by atoms with Crippen LogP contribution >= 0.6 is 11.3 Å². The number of rotatable bonds is 5. The van der Waals surface area contributed by atoms with E-state index in [-0.39, 0.29) is 22.6 Å². The maximum Gasteiger partial charge on any atom is 0.345 e. The summed E-state index contributed by atoms with van der Waals surface area (Å²) in [6.45, 7) is 1.39. The van der Waals surface area contributed by atoms with Gasteiger partial charge in [-0.3, -0.25) is 4.79 Å². The van der Waals surface area contributed by atoms with Gasteiger partial charge in [-0.05, 0) is 41.8 Å². The number of fused-ring (bicyclic) bond motifs is 2. The molecule has 25 heavy (non-hydrogen) atoms. The van der Waals surface area contributed by atoms with Crippen molar-refractivity contribution >= 4 is 23.2 Å². The van der Waals surface area contributed by atoms with Crippen LogP contribution < -0.4 is 10.1 Å².